The van der Waals surface area contributed by atoms with Gasteiger partial charge < -0.3 is 19.7 Å². The maximum Gasteiger partial charge on any atom is 0.323 e. The lowest BCUT2D eigenvalue weighted by Gasteiger charge is -2.37. The maximum absolute atomic E-state index is 11.0. The minimum atomic E-state index is -0.933. The summed E-state index contributed by atoms with van der Waals surface area (Å²) in [5.74, 6) is -0.933. The molecule has 2 atom stereocenters. The molecule has 2 N–H and O–H groups in total. The number of aliphatic hydroxyl groups excluding tert-OH is 1. The molecule has 0 saturated carbocycles. The van der Waals surface area contributed by atoms with Gasteiger partial charge >= 0.3 is 5.97 Å². The Bertz CT molecular complexity index is 211. The molecule has 6 heteroatoms. The minimum Gasteiger partial charge on any atom is -0.480 e. The molecule has 15 heavy (non-hydrogen) atoms. The zero-order chi connectivity index (χ0) is 11.3. The molecular weight excluding hydrogens is 202 g/mol. The summed E-state index contributed by atoms with van der Waals surface area (Å²) in [5.41, 5.74) is 0. The van der Waals surface area contributed by atoms with Crippen molar-refractivity contribution in [3.8, 4) is 0 Å². The summed E-state index contributed by atoms with van der Waals surface area (Å²) in [6.45, 7) is 1.37. The van der Waals surface area contributed by atoms with Crippen LogP contribution in [0.5, 0.6) is 0 Å². The number of morpholine rings is 1. The molecule has 0 bridgehead atoms. The van der Waals surface area contributed by atoms with Crippen molar-refractivity contribution in [3.63, 3.8) is 0 Å². The van der Waals surface area contributed by atoms with Crippen molar-refractivity contribution in [2.75, 3.05) is 40.1 Å². The van der Waals surface area contributed by atoms with Gasteiger partial charge in [-0.05, 0) is 0 Å². The SMILES string of the molecule is COCC(C(=O)O)N1CCOCC1CO. The van der Waals surface area contributed by atoms with Gasteiger partial charge in [0.05, 0.1) is 32.5 Å². The van der Waals surface area contributed by atoms with Gasteiger partial charge in [0, 0.05) is 13.7 Å². The molecule has 1 saturated heterocycles. The fourth-order valence-corrected chi connectivity index (χ4v) is 1.70. The lowest BCUT2D eigenvalue weighted by molar-refractivity contribution is -0.151. The molecule has 1 heterocycles. The van der Waals surface area contributed by atoms with Crippen molar-refractivity contribution >= 4 is 5.97 Å². The number of aliphatic carboxylic acids is 1. The number of methoxy groups -OCH3 is 1. The molecule has 1 fully saturated rings. The molecule has 88 valence electrons. The first-order chi connectivity index (χ1) is 7.20. The van der Waals surface area contributed by atoms with E-state index in [2.05, 4.69) is 0 Å². The average molecular weight is 219 g/mol. The van der Waals surface area contributed by atoms with Crippen molar-refractivity contribution in [1.29, 1.82) is 0 Å². The molecule has 0 aromatic rings. The van der Waals surface area contributed by atoms with Crippen LogP contribution in [0.25, 0.3) is 0 Å². The lowest BCUT2D eigenvalue weighted by Crippen LogP contribution is -2.56. The van der Waals surface area contributed by atoms with E-state index < -0.39 is 12.0 Å². The van der Waals surface area contributed by atoms with Gasteiger partial charge in [0.2, 0.25) is 0 Å². The van der Waals surface area contributed by atoms with Crippen LogP contribution in [0, 0.1) is 0 Å². The molecule has 0 spiro atoms. The second-order valence-electron chi connectivity index (χ2n) is 3.46. The molecule has 2 unspecified atom stereocenters. The smallest absolute Gasteiger partial charge is 0.323 e. The highest BCUT2D eigenvalue weighted by molar-refractivity contribution is 5.73. The van der Waals surface area contributed by atoms with Crippen molar-refractivity contribution < 1.29 is 24.5 Å². The van der Waals surface area contributed by atoms with Crippen LogP contribution in [-0.2, 0) is 14.3 Å². The lowest BCUT2D eigenvalue weighted by atomic mass is 10.1. The Morgan fingerprint density at radius 1 is 1.73 bits per heavy atom. The van der Waals surface area contributed by atoms with Crippen LogP contribution < -0.4 is 0 Å². The normalized spacial score (nSPS) is 25.1. The van der Waals surface area contributed by atoms with E-state index in [0.29, 0.717) is 19.8 Å². The van der Waals surface area contributed by atoms with E-state index in [1.54, 1.807) is 4.90 Å². The van der Waals surface area contributed by atoms with E-state index in [4.69, 9.17) is 19.7 Å². The predicted octanol–water partition coefficient (Wildman–Crippen LogP) is -1.22. The third-order valence-electron chi connectivity index (χ3n) is 2.49. The first kappa shape index (κ1) is 12.4. The summed E-state index contributed by atoms with van der Waals surface area (Å²) in [7, 11) is 1.46. The number of carboxylic acid groups (broad SMARTS) is 1. The third-order valence-corrected chi connectivity index (χ3v) is 2.49. The predicted molar refractivity (Wildman–Crippen MR) is 51.7 cm³/mol. The number of hydrogen-bond acceptors (Lipinski definition) is 5. The van der Waals surface area contributed by atoms with E-state index in [1.165, 1.54) is 7.11 Å². The molecule has 0 amide bonds. The largest absolute Gasteiger partial charge is 0.480 e. The standard InChI is InChI=1S/C9H17NO5/c1-14-6-8(9(12)13)10-2-3-15-5-7(10)4-11/h7-8,11H,2-6H2,1H3,(H,12,13). The van der Waals surface area contributed by atoms with Gasteiger partial charge in [-0.15, -0.1) is 0 Å². The van der Waals surface area contributed by atoms with Gasteiger partial charge in [-0.1, -0.05) is 0 Å². The highest BCUT2D eigenvalue weighted by Gasteiger charge is 2.33. The Labute approximate surface area is 88.4 Å². The Hall–Kier alpha value is -0.690. The number of rotatable bonds is 5. The van der Waals surface area contributed by atoms with Gasteiger partial charge in [0.25, 0.3) is 0 Å². The molecular formula is C9H17NO5. The molecule has 1 aliphatic heterocycles. The Morgan fingerprint density at radius 3 is 3.00 bits per heavy atom. The van der Waals surface area contributed by atoms with Gasteiger partial charge in [-0.3, -0.25) is 9.69 Å². The highest BCUT2D eigenvalue weighted by atomic mass is 16.5. The number of ether oxygens (including phenoxy) is 2. The van der Waals surface area contributed by atoms with Crippen LogP contribution in [0.3, 0.4) is 0 Å². The highest BCUT2D eigenvalue weighted by Crippen LogP contribution is 2.11. The second-order valence-corrected chi connectivity index (χ2v) is 3.46. The number of aliphatic hydroxyl groups is 1. The van der Waals surface area contributed by atoms with Crippen molar-refractivity contribution in [1.82, 2.24) is 4.90 Å². The van der Waals surface area contributed by atoms with Crippen molar-refractivity contribution in [2.24, 2.45) is 0 Å². The molecule has 0 radical (unpaired) electrons. The average Bonchev–Trinajstić information content (AvgIpc) is 2.25. The van der Waals surface area contributed by atoms with E-state index in [9.17, 15) is 4.79 Å². The molecule has 0 aromatic heterocycles. The zero-order valence-electron chi connectivity index (χ0n) is 8.76. The zero-order valence-corrected chi connectivity index (χ0v) is 8.76. The van der Waals surface area contributed by atoms with Gasteiger partial charge in [0.1, 0.15) is 6.04 Å². The van der Waals surface area contributed by atoms with E-state index >= 15 is 0 Å². The number of hydrogen-bond donors (Lipinski definition) is 2. The van der Waals surface area contributed by atoms with Gasteiger partial charge in [-0.2, -0.15) is 0 Å². The minimum absolute atomic E-state index is 0.104. The fraction of sp³-hybridized carbons (Fsp3) is 0.889. The van der Waals surface area contributed by atoms with Crippen molar-refractivity contribution in [3.05, 3.63) is 0 Å². The van der Waals surface area contributed by atoms with E-state index in [-0.39, 0.29) is 19.3 Å². The summed E-state index contributed by atoms with van der Waals surface area (Å²) >= 11 is 0. The molecule has 0 aromatic carbocycles. The first-order valence-electron chi connectivity index (χ1n) is 4.86. The van der Waals surface area contributed by atoms with E-state index in [1.807, 2.05) is 0 Å². The number of carboxylic acids is 1. The van der Waals surface area contributed by atoms with Crippen LogP contribution >= 0.6 is 0 Å². The van der Waals surface area contributed by atoms with Crippen molar-refractivity contribution in [2.45, 2.75) is 12.1 Å². The maximum atomic E-state index is 11.0. The first-order valence-corrected chi connectivity index (χ1v) is 4.86. The molecule has 0 aliphatic carbocycles. The van der Waals surface area contributed by atoms with Crippen LogP contribution in [0.4, 0.5) is 0 Å². The summed E-state index contributed by atoms with van der Waals surface area (Å²) in [6, 6.07) is -0.967. The third kappa shape index (κ3) is 3.13. The van der Waals surface area contributed by atoms with Gasteiger partial charge in [-0.25, -0.2) is 0 Å². The van der Waals surface area contributed by atoms with Crippen LogP contribution in [0.1, 0.15) is 0 Å². The Kier molecular flexibility index (Phi) is 4.97. The number of carbonyl (C=O) groups is 1. The summed E-state index contributed by atoms with van der Waals surface area (Å²) in [4.78, 5) is 12.7. The summed E-state index contributed by atoms with van der Waals surface area (Å²) in [5, 5.41) is 18.1. The Morgan fingerprint density at radius 2 is 2.47 bits per heavy atom. The molecule has 6 nitrogen and oxygen atoms in total. The topological polar surface area (TPSA) is 79.2 Å². The Balaban J connectivity index is 2.65. The van der Waals surface area contributed by atoms with E-state index in [0.717, 1.165) is 0 Å². The monoisotopic (exact) mass is 219 g/mol. The summed E-state index contributed by atoms with van der Waals surface area (Å²) < 4.78 is 10.0. The quantitative estimate of drug-likeness (QED) is 0.603. The van der Waals surface area contributed by atoms with Gasteiger partial charge in [0.15, 0.2) is 0 Å². The van der Waals surface area contributed by atoms with Crippen LogP contribution in [-0.4, -0.2) is 73.2 Å². The number of nitrogens with zero attached hydrogens (tertiary/aromatic N) is 1. The second kappa shape index (κ2) is 6.02. The summed E-state index contributed by atoms with van der Waals surface area (Å²) in [6.07, 6.45) is 0. The van der Waals surface area contributed by atoms with Crippen LogP contribution in [0.2, 0.25) is 0 Å². The molecule has 1 aliphatic rings. The molecule has 1 rings (SSSR count). The fourth-order valence-electron chi connectivity index (χ4n) is 1.70. The van der Waals surface area contributed by atoms with Crippen LogP contribution in [0.15, 0.2) is 0 Å².